The lowest BCUT2D eigenvalue weighted by Crippen LogP contribution is -2.10. The van der Waals surface area contributed by atoms with Crippen molar-refractivity contribution in [1.29, 1.82) is 0 Å². The second-order valence-electron chi connectivity index (χ2n) is 4.68. The van der Waals surface area contributed by atoms with Gasteiger partial charge in [0, 0.05) is 6.54 Å². The average Bonchev–Trinajstić information content (AvgIpc) is 2.94. The molecule has 7 heteroatoms. The summed E-state index contributed by atoms with van der Waals surface area (Å²) in [6.45, 7) is 1.78. The van der Waals surface area contributed by atoms with Crippen LogP contribution in [0.1, 0.15) is 42.1 Å². The molecule has 2 unspecified atom stereocenters. The van der Waals surface area contributed by atoms with Crippen molar-refractivity contribution < 1.29 is 12.9 Å². The van der Waals surface area contributed by atoms with Gasteiger partial charge in [0.25, 0.3) is 0 Å². The first-order chi connectivity index (χ1) is 8.17. The van der Waals surface area contributed by atoms with E-state index in [4.69, 9.17) is 4.52 Å². The Hall–Kier alpha value is -0.950. The Balaban J connectivity index is 1.85. The van der Waals surface area contributed by atoms with E-state index >= 15 is 0 Å². The SMILES string of the molecule is O=S1(=O)CCCC1c1noc(C2CCNC2)n1. The lowest BCUT2D eigenvalue weighted by molar-refractivity contribution is 0.354. The highest BCUT2D eigenvalue weighted by Gasteiger charge is 2.37. The molecular weight excluding hydrogens is 242 g/mol. The van der Waals surface area contributed by atoms with Gasteiger partial charge >= 0.3 is 0 Å². The molecule has 0 aromatic carbocycles. The highest BCUT2D eigenvalue weighted by Crippen LogP contribution is 2.33. The van der Waals surface area contributed by atoms with Crippen molar-refractivity contribution in [2.24, 2.45) is 0 Å². The van der Waals surface area contributed by atoms with Crippen LogP contribution in [-0.4, -0.2) is 37.4 Å². The number of hydrogen-bond donors (Lipinski definition) is 1. The van der Waals surface area contributed by atoms with Gasteiger partial charge in [-0.15, -0.1) is 0 Å². The quantitative estimate of drug-likeness (QED) is 0.825. The summed E-state index contributed by atoms with van der Waals surface area (Å²) in [6.07, 6.45) is 2.28. The van der Waals surface area contributed by atoms with Gasteiger partial charge in [0.15, 0.2) is 15.7 Å². The van der Waals surface area contributed by atoms with E-state index < -0.39 is 15.1 Å². The van der Waals surface area contributed by atoms with Crippen LogP contribution in [0.4, 0.5) is 0 Å². The Morgan fingerprint density at radius 1 is 1.35 bits per heavy atom. The molecule has 2 fully saturated rings. The molecule has 0 saturated carbocycles. The third-order valence-electron chi connectivity index (χ3n) is 3.48. The molecule has 0 aliphatic carbocycles. The van der Waals surface area contributed by atoms with Gasteiger partial charge in [-0.2, -0.15) is 4.98 Å². The van der Waals surface area contributed by atoms with E-state index in [2.05, 4.69) is 15.5 Å². The molecule has 0 amide bonds. The van der Waals surface area contributed by atoms with Crippen molar-refractivity contribution in [3.8, 4) is 0 Å². The Morgan fingerprint density at radius 3 is 2.88 bits per heavy atom. The van der Waals surface area contributed by atoms with Crippen LogP contribution >= 0.6 is 0 Å². The topological polar surface area (TPSA) is 85.1 Å². The van der Waals surface area contributed by atoms with E-state index in [1.165, 1.54) is 0 Å². The van der Waals surface area contributed by atoms with Crippen molar-refractivity contribution >= 4 is 9.84 Å². The second-order valence-corrected chi connectivity index (χ2v) is 6.98. The summed E-state index contributed by atoms with van der Waals surface area (Å²) in [5.41, 5.74) is 0. The summed E-state index contributed by atoms with van der Waals surface area (Å²) in [5.74, 6) is 1.41. The standard InChI is InChI=1S/C10H15N3O3S/c14-17(15)5-1-2-8(17)9-12-10(16-13-9)7-3-4-11-6-7/h7-8,11H,1-6H2. The van der Waals surface area contributed by atoms with Crippen LogP contribution in [0.2, 0.25) is 0 Å². The number of hydrogen-bond acceptors (Lipinski definition) is 6. The van der Waals surface area contributed by atoms with E-state index in [1.54, 1.807) is 0 Å². The fourth-order valence-corrected chi connectivity index (χ4v) is 4.29. The monoisotopic (exact) mass is 257 g/mol. The van der Waals surface area contributed by atoms with Gasteiger partial charge in [0.2, 0.25) is 5.89 Å². The van der Waals surface area contributed by atoms with Crippen molar-refractivity contribution in [2.75, 3.05) is 18.8 Å². The number of nitrogens with zero attached hydrogens (tertiary/aromatic N) is 2. The minimum absolute atomic E-state index is 0.236. The highest BCUT2D eigenvalue weighted by atomic mass is 32.2. The third-order valence-corrected chi connectivity index (χ3v) is 5.65. The van der Waals surface area contributed by atoms with E-state index in [9.17, 15) is 8.42 Å². The van der Waals surface area contributed by atoms with Gasteiger partial charge in [-0.3, -0.25) is 0 Å². The maximum Gasteiger partial charge on any atom is 0.231 e. The van der Waals surface area contributed by atoms with E-state index in [-0.39, 0.29) is 11.7 Å². The Bertz CT molecular complexity index is 505. The van der Waals surface area contributed by atoms with Crippen LogP contribution in [-0.2, 0) is 9.84 Å². The van der Waals surface area contributed by atoms with Crippen molar-refractivity contribution in [3.05, 3.63) is 11.7 Å². The summed E-state index contributed by atoms with van der Waals surface area (Å²) in [4.78, 5) is 4.27. The van der Waals surface area contributed by atoms with E-state index in [1.807, 2.05) is 0 Å². The van der Waals surface area contributed by atoms with Crippen LogP contribution in [0.5, 0.6) is 0 Å². The summed E-state index contributed by atoms with van der Waals surface area (Å²) in [6, 6.07) is 0. The van der Waals surface area contributed by atoms with Crippen LogP contribution in [0.3, 0.4) is 0 Å². The van der Waals surface area contributed by atoms with Gasteiger partial charge in [-0.1, -0.05) is 5.16 Å². The summed E-state index contributed by atoms with van der Waals surface area (Å²) >= 11 is 0. The van der Waals surface area contributed by atoms with Gasteiger partial charge in [0.05, 0.1) is 11.7 Å². The lowest BCUT2D eigenvalue weighted by atomic mass is 10.1. The molecule has 1 aromatic rings. The fourth-order valence-electron chi connectivity index (χ4n) is 2.49. The molecule has 3 rings (SSSR count). The van der Waals surface area contributed by atoms with Crippen LogP contribution in [0.25, 0.3) is 0 Å². The third kappa shape index (κ3) is 1.97. The van der Waals surface area contributed by atoms with Gasteiger partial charge in [0.1, 0.15) is 5.25 Å². The number of rotatable bonds is 2. The molecule has 2 aliphatic heterocycles. The largest absolute Gasteiger partial charge is 0.339 e. The molecule has 0 spiro atoms. The Morgan fingerprint density at radius 2 is 2.24 bits per heavy atom. The van der Waals surface area contributed by atoms with Crippen LogP contribution in [0.15, 0.2) is 4.52 Å². The molecule has 0 bridgehead atoms. The van der Waals surface area contributed by atoms with Gasteiger partial charge in [-0.25, -0.2) is 8.42 Å². The van der Waals surface area contributed by atoms with Crippen LogP contribution < -0.4 is 5.32 Å². The highest BCUT2D eigenvalue weighted by molar-refractivity contribution is 7.91. The Labute approximate surface area is 99.7 Å². The number of aromatic nitrogens is 2. The van der Waals surface area contributed by atoms with E-state index in [0.717, 1.165) is 19.5 Å². The number of sulfone groups is 1. The number of nitrogens with one attached hydrogen (secondary N) is 1. The zero-order valence-corrected chi connectivity index (χ0v) is 10.2. The molecule has 94 valence electrons. The molecule has 0 radical (unpaired) electrons. The maximum absolute atomic E-state index is 11.8. The molecular formula is C10H15N3O3S. The Kier molecular flexibility index (Phi) is 2.67. The predicted molar refractivity (Wildman–Crippen MR) is 60.3 cm³/mol. The molecule has 6 nitrogen and oxygen atoms in total. The first-order valence-corrected chi connectivity index (χ1v) is 7.64. The molecule has 1 aromatic heterocycles. The minimum Gasteiger partial charge on any atom is -0.339 e. The predicted octanol–water partition coefficient (Wildman–Crippen LogP) is 0.396. The normalized spacial score (nSPS) is 32.0. The minimum atomic E-state index is -3.05. The zero-order chi connectivity index (χ0) is 11.9. The maximum atomic E-state index is 11.8. The van der Waals surface area contributed by atoms with E-state index in [0.29, 0.717) is 24.6 Å². The van der Waals surface area contributed by atoms with Crippen molar-refractivity contribution in [3.63, 3.8) is 0 Å². The fraction of sp³-hybridized carbons (Fsp3) is 0.800. The molecule has 17 heavy (non-hydrogen) atoms. The second kappa shape index (κ2) is 4.06. The van der Waals surface area contributed by atoms with Gasteiger partial charge in [-0.05, 0) is 25.8 Å². The zero-order valence-electron chi connectivity index (χ0n) is 9.42. The summed E-state index contributed by atoms with van der Waals surface area (Å²) in [5, 5.41) is 6.52. The molecule has 1 N–H and O–H groups in total. The summed E-state index contributed by atoms with van der Waals surface area (Å²) < 4.78 is 28.7. The van der Waals surface area contributed by atoms with Crippen molar-refractivity contribution in [2.45, 2.75) is 30.4 Å². The molecule has 2 saturated heterocycles. The first kappa shape index (κ1) is 11.2. The molecule has 3 heterocycles. The van der Waals surface area contributed by atoms with Crippen molar-refractivity contribution in [1.82, 2.24) is 15.5 Å². The van der Waals surface area contributed by atoms with Gasteiger partial charge < -0.3 is 9.84 Å². The smallest absolute Gasteiger partial charge is 0.231 e. The lowest BCUT2D eigenvalue weighted by Gasteiger charge is -2.02. The molecule has 2 aliphatic rings. The van der Waals surface area contributed by atoms with Crippen LogP contribution in [0, 0.1) is 0 Å². The average molecular weight is 257 g/mol. The summed E-state index contributed by atoms with van der Waals surface area (Å²) in [7, 11) is -3.05. The first-order valence-electron chi connectivity index (χ1n) is 5.92. The molecule has 2 atom stereocenters.